The number of urea groups is 1. The van der Waals surface area contributed by atoms with Gasteiger partial charge in [-0.2, -0.15) is 5.01 Å². The van der Waals surface area contributed by atoms with Gasteiger partial charge < -0.3 is 24.4 Å². The van der Waals surface area contributed by atoms with Crippen LogP contribution in [0.1, 0.15) is 16.9 Å². The summed E-state index contributed by atoms with van der Waals surface area (Å²) < 4.78 is 11.2. The SMILES string of the molecule is COc1ccccc1-c1cc(CN2CC(=O)N3CC(=O)N(Cc4cccc5ncccc45)CC3N2C(=O)NCc2ccccc2)on1. The number of aromatic nitrogens is 2. The summed E-state index contributed by atoms with van der Waals surface area (Å²) in [6.45, 7) is 0.561. The lowest BCUT2D eigenvalue weighted by molar-refractivity contribution is -0.184. The molecule has 1 N–H and O–H groups in total. The maximum Gasteiger partial charge on any atom is 0.334 e. The van der Waals surface area contributed by atoms with E-state index in [1.807, 2.05) is 84.9 Å². The third-order valence-electron chi connectivity index (χ3n) is 8.50. The number of amides is 4. The van der Waals surface area contributed by atoms with Crippen molar-refractivity contribution < 1.29 is 23.6 Å². The van der Waals surface area contributed by atoms with E-state index in [0.717, 1.165) is 27.6 Å². The number of methoxy groups -OCH3 is 1. The molecule has 3 aromatic carbocycles. The van der Waals surface area contributed by atoms with Gasteiger partial charge in [-0.1, -0.05) is 65.8 Å². The van der Waals surface area contributed by atoms with E-state index in [2.05, 4.69) is 15.5 Å². The molecule has 0 bridgehead atoms. The fourth-order valence-electron chi connectivity index (χ4n) is 6.19. The summed E-state index contributed by atoms with van der Waals surface area (Å²) in [5, 5.41) is 11.4. The Balaban J connectivity index is 1.18. The minimum absolute atomic E-state index is 0.0971. The first-order chi connectivity index (χ1) is 23.0. The fraction of sp³-hybridized carbons (Fsp3) is 0.229. The number of benzene rings is 3. The number of pyridine rings is 1. The monoisotopic (exact) mass is 631 g/mol. The second kappa shape index (κ2) is 12.9. The summed E-state index contributed by atoms with van der Waals surface area (Å²) in [7, 11) is 1.59. The maximum atomic E-state index is 14.0. The molecule has 2 saturated heterocycles. The molecule has 2 aromatic heterocycles. The zero-order chi connectivity index (χ0) is 32.3. The highest BCUT2D eigenvalue weighted by Gasteiger charge is 2.47. The molecule has 2 fully saturated rings. The number of ether oxygens (including phenoxy) is 1. The first-order valence-electron chi connectivity index (χ1n) is 15.3. The van der Waals surface area contributed by atoms with E-state index >= 15 is 0 Å². The van der Waals surface area contributed by atoms with Gasteiger partial charge in [0.2, 0.25) is 11.8 Å². The van der Waals surface area contributed by atoms with Gasteiger partial charge in [0.05, 0.1) is 32.3 Å². The zero-order valence-corrected chi connectivity index (χ0v) is 25.8. The number of fused-ring (bicyclic) bond motifs is 2. The molecule has 0 saturated carbocycles. The highest BCUT2D eigenvalue weighted by atomic mass is 16.5. The summed E-state index contributed by atoms with van der Waals surface area (Å²) in [6.07, 6.45) is 0.993. The van der Waals surface area contributed by atoms with Crippen LogP contribution in [-0.2, 0) is 29.2 Å². The molecule has 7 rings (SSSR count). The van der Waals surface area contributed by atoms with Gasteiger partial charge in [-0.05, 0) is 35.4 Å². The van der Waals surface area contributed by atoms with E-state index < -0.39 is 12.2 Å². The Kier molecular flexibility index (Phi) is 8.23. The predicted octanol–water partition coefficient (Wildman–Crippen LogP) is 4.04. The average Bonchev–Trinajstić information content (AvgIpc) is 3.57. The van der Waals surface area contributed by atoms with Crippen LogP contribution in [0.5, 0.6) is 5.75 Å². The number of nitrogens with one attached hydrogen (secondary N) is 1. The van der Waals surface area contributed by atoms with Crippen LogP contribution in [-0.4, -0.2) is 80.7 Å². The summed E-state index contributed by atoms with van der Waals surface area (Å²) >= 11 is 0. The minimum Gasteiger partial charge on any atom is -0.496 e. The summed E-state index contributed by atoms with van der Waals surface area (Å²) in [5.41, 5.74) is 4.02. The lowest BCUT2D eigenvalue weighted by Crippen LogP contribution is -2.73. The van der Waals surface area contributed by atoms with Crippen molar-refractivity contribution in [2.24, 2.45) is 0 Å². The number of carbonyl (C=O) groups excluding carboxylic acids is 3. The molecule has 1 unspecified atom stereocenters. The van der Waals surface area contributed by atoms with Gasteiger partial charge in [-0.15, -0.1) is 0 Å². The molecule has 0 aliphatic carbocycles. The topological polar surface area (TPSA) is 124 Å². The van der Waals surface area contributed by atoms with Crippen molar-refractivity contribution in [1.29, 1.82) is 0 Å². The van der Waals surface area contributed by atoms with E-state index in [1.165, 1.54) is 4.90 Å². The molecule has 47 heavy (non-hydrogen) atoms. The zero-order valence-electron chi connectivity index (χ0n) is 25.8. The maximum absolute atomic E-state index is 14.0. The Morgan fingerprint density at radius 2 is 1.77 bits per heavy atom. The summed E-state index contributed by atoms with van der Waals surface area (Å²) in [5.74, 6) is 0.659. The number of hydrogen-bond donors (Lipinski definition) is 1. The molecule has 2 aliphatic rings. The normalized spacial score (nSPS) is 16.8. The Labute approximate surface area is 271 Å². The lowest BCUT2D eigenvalue weighted by atomic mass is 10.1. The van der Waals surface area contributed by atoms with Crippen LogP contribution in [0.3, 0.4) is 0 Å². The Hall–Kier alpha value is -5.75. The second-order valence-electron chi connectivity index (χ2n) is 11.5. The Morgan fingerprint density at radius 3 is 2.62 bits per heavy atom. The first kappa shape index (κ1) is 29.9. The van der Waals surface area contributed by atoms with Crippen LogP contribution < -0.4 is 10.1 Å². The molecule has 2 aliphatic heterocycles. The van der Waals surface area contributed by atoms with Crippen molar-refractivity contribution in [3.63, 3.8) is 0 Å². The standard InChI is InChI=1S/C35H33N7O5/c1-46-31-15-6-5-12-28(31)30-17-26(47-38-30)20-40-22-34(44)41-23-33(43)39(19-25-11-7-14-29-27(25)13-8-16-36-29)21-32(41)42(40)35(45)37-18-24-9-3-2-4-10-24/h2-17,32H,18-23H2,1H3,(H,37,45). The van der Waals surface area contributed by atoms with Gasteiger partial charge in [0, 0.05) is 36.3 Å². The van der Waals surface area contributed by atoms with E-state index in [4.69, 9.17) is 9.26 Å². The van der Waals surface area contributed by atoms with Gasteiger partial charge in [0.15, 0.2) is 5.76 Å². The van der Waals surface area contributed by atoms with Crippen molar-refractivity contribution in [2.45, 2.75) is 25.8 Å². The number of hydrazine groups is 1. The molecule has 5 aromatic rings. The lowest BCUT2D eigenvalue weighted by Gasteiger charge is -2.52. The van der Waals surface area contributed by atoms with Crippen molar-refractivity contribution in [1.82, 2.24) is 35.3 Å². The van der Waals surface area contributed by atoms with E-state index in [0.29, 0.717) is 23.7 Å². The van der Waals surface area contributed by atoms with Gasteiger partial charge in [0.25, 0.3) is 0 Å². The number of hydrogen-bond acceptors (Lipinski definition) is 8. The number of carbonyl (C=O) groups is 3. The molecular formula is C35H33N7O5. The fourth-order valence-corrected chi connectivity index (χ4v) is 6.19. The summed E-state index contributed by atoms with van der Waals surface area (Å²) in [4.78, 5) is 48.7. The van der Waals surface area contributed by atoms with Crippen molar-refractivity contribution in [3.05, 3.63) is 114 Å². The van der Waals surface area contributed by atoms with E-state index in [-0.39, 0.29) is 44.5 Å². The Bertz CT molecular complexity index is 1920. The first-order valence-corrected chi connectivity index (χ1v) is 15.3. The third kappa shape index (κ3) is 6.10. The van der Waals surface area contributed by atoms with Crippen LogP contribution in [0.2, 0.25) is 0 Å². The highest BCUT2D eigenvalue weighted by Crippen LogP contribution is 2.31. The van der Waals surface area contributed by atoms with Gasteiger partial charge >= 0.3 is 6.03 Å². The smallest absolute Gasteiger partial charge is 0.334 e. The molecular weight excluding hydrogens is 598 g/mol. The van der Waals surface area contributed by atoms with Gasteiger partial charge in [-0.25, -0.2) is 9.80 Å². The van der Waals surface area contributed by atoms with Crippen LogP contribution in [0, 0.1) is 0 Å². The van der Waals surface area contributed by atoms with Gasteiger partial charge in [-0.3, -0.25) is 14.6 Å². The van der Waals surface area contributed by atoms with Crippen molar-refractivity contribution in [2.75, 3.05) is 26.7 Å². The predicted molar refractivity (Wildman–Crippen MR) is 172 cm³/mol. The molecule has 1 atom stereocenters. The number of piperazine rings is 1. The Morgan fingerprint density at radius 1 is 0.936 bits per heavy atom. The number of para-hydroxylation sites is 1. The van der Waals surface area contributed by atoms with Crippen LogP contribution in [0.15, 0.2) is 102 Å². The second-order valence-corrected chi connectivity index (χ2v) is 11.5. The van der Waals surface area contributed by atoms with Gasteiger partial charge in [0.1, 0.15) is 24.2 Å². The summed E-state index contributed by atoms with van der Waals surface area (Å²) in [6, 6.07) is 28.1. The van der Waals surface area contributed by atoms with Crippen LogP contribution in [0.4, 0.5) is 4.79 Å². The highest BCUT2D eigenvalue weighted by molar-refractivity contribution is 5.89. The minimum atomic E-state index is -0.741. The quantitative estimate of drug-likeness (QED) is 0.272. The largest absolute Gasteiger partial charge is 0.496 e. The molecule has 0 spiro atoms. The molecule has 4 amide bonds. The van der Waals surface area contributed by atoms with Crippen LogP contribution in [0.25, 0.3) is 22.2 Å². The molecule has 0 radical (unpaired) electrons. The molecule has 238 valence electrons. The van der Waals surface area contributed by atoms with Crippen LogP contribution >= 0.6 is 0 Å². The van der Waals surface area contributed by atoms with Crippen molar-refractivity contribution in [3.8, 4) is 17.0 Å². The molecule has 12 nitrogen and oxygen atoms in total. The number of nitrogens with zero attached hydrogens (tertiary/aromatic N) is 6. The third-order valence-corrected chi connectivity index (χ3v) is 8.50. The number of rotatable bonds is 8. The molecule has 12 heteroatoms. The average molecular weight is 632 g/mol. The van der Waals surface area contributed by atoms with E-state index in [1.54, 1.807) is 34.3 Å². The van der Waals surface area contributed by atoms with E-state index in [9.17, 15) is 14.4 Å². The molecule has 4 heterocycles. The van der Waals surface area contributed by atoms with Crippen molar-refractivity contribution >= 4 is 28.7 Å².